The van der Waals surface area contributed by atoms with Gasteiger partial charge in [-0.25, -0.2) is 9.18 Å². The van der Waals surface area contributed by atoms with Crippen LogP contribution in [0.1, 0.15) is 5.56 Å². The monoisotopic (exact) mass is 336 g/mol. The number of phenolic OH excluding ortho intramolecular Hbond substituents is 1. The minimum atomic E-state index is -0.496. The minimum absolute atomic E-state index is 0.138. The Morgan fingerprint density at radius 1 is 1.18 bits per heavy atom. The summed E-state index contributed by atoms with van der Waals surface area (Å²) < 4.78 is 18.0. The molecule has 6 heteroatoms. The van der Waals surface area contributed by atoms with Crippen molar-refractivity contribution >= 4 is 34.3 Å². The summed E-state index contributed by atoms with van der Waals surface area (Å²) in [5.74, 6) is 0.0625. The second-order valence-electron chi connectivity index (χ2n) is 4.63. The fourth-order valence-electron chi connectivity index (χ4n) is 2.05. The van der Waals surface area contributed by atoms with Crippen molar-refractivity contribution in [1.82, 2.24) is 0 Å². The normalized spacial score (nSPS) is 11.0. The van der Waals surface area contributed by atoms with Crippen molar-refractivity contribution in [3.63, 3.8) is 0 Å². The highest BCUT2D eigenvalue weighted by Crippen LogP contribution is 2.32. The number of benzene rings is 2. The first kappa shape index (κ1) is 14.9. The Labute approximate surface area is 134 Å². The van der Waals surface area contributed by atoms with E-state index in [0.717, 1.165) is 10.5 Å². The quantitative estimate of drug-likeness (QED) is 0.561. The molecule has 1 heterocycles. The van der Waals surface area contributed by atoms with Crippen LogP contribution in [0, 0.1) is 5.82 Å². The van der Waals surface area contributed by atoms with Crippen molar-refractivity contribution in [2.24, 2.45) is 0 Å². The second-order valence-corrected chi connectivity index (χ2v) is 6.09. The number of phenols is 1. The molecular formula is C16H10ClFO3S. The number of fused-ring (bicyclic) bond motifs is 1. The molecule has 22 heavy (non-hydrogen) atoms. The molecule has 0 unspecified atom stereocenters. The van der Waals surface area contributed by atoms with Crippen molar-refractivity contribution in [2.45, 2.75) is 10.6 Å². The van der Waals surface area contributed by atoms with Crippen molar-refractivity contribution in [3.05, 3.63) is 69.3 Å². The Morgan fingerprint density at radius 3 is 2.64 bits per heavy atom. The average Bonchev–Trinajstić information content (AvgIpc) is 2.48. The molecule has 0 saturated heterocycles. The molecule has 0 atom stereocenters. The Hall–Kier alpha value is -1.98. The summed E-state index contributed by atoms with van der Waals surface area (Å²) in [4.78, 5) is 12.5. The van der Waals surface area contributed by atoms with Gasteiger partial charge >= 0.3 is 5.63 Å². The van der Waals surface area contributed by atoms with Gasteiger partial charge in [-0.3, -0.25) is 0 Å². The van der Waals surface area contributed by atoms with Gasteiger partial charge in [0, 0.05) is 28.2 Å². The standard InChI is InChI=1S/C16H10ClFO3S/c17-13-6-12-9(5-16(20)21-15(12)7-14(13)19)8-22-11-3-1-10(18)2-4-11/h1-7,19H,8H2. The topological polar surface area (TPSA) is 50.4 Å². The second kappa shape index (κ2) is 6.02. The van der Waals surface area contributed by atoms with Crippen LogP contribution in [0.2, 0.25) is 5.02 Å². The van der Waals surface area contributed by atoms with Crippen LogP contribution in [0.15, 0.2) is 56.6 Å². The maximum atomic E-state index is 12.9. The van der Waals surface area contributed by atoms with Crippen molar-refractivity contribution in [2.75, 3.05) is 0 Å². The lowest BCUT2D eigenvalue weighted by Gasteiger charge is -2.07. The number of hydrogen-bond donors (Lipinski definition) is 1. The smallest absolute Gasteiger partial charge is 0.336 e. The van der Waals surface area contributed by atoms with E-state index in [9.17, 15) is 14.3 Å². The van der Waals surface area contributed by atoms with Gasteiger partial charge in [-0.15, -0.1) is 11.8 Å². The third-order valence-electron chi connectivity index (χ3n) is 3.11. The van der Waals surface area contributed by atoms with Gasteiger partial charge in [0.2, 0.25) is 0 Å². The molecule has 0 aliphatic carbocycles. The molecule has 3 aromatic rings. The Balaban J connectivity index is 1.97. The Morgan fingerprint density at radius 2 is 1.91 bits per heavy atom. The van der Waals surface area contributed by atoms with Crippen LogP contribution in [-0.2, 0) is 5.75 Å². The summed E-state index contributed by atoms with van der Waals surface area (Å²) in [5, 5.41) is 10.5. The molecule has 3 rings (SSSR count). The van der Waals surface area contributed by atoms with E-state index in [1.807, 2.05) is 0 Å². The highest BCUT2D eigenvalue weighted by molar-refractivity contribution is 7.98. The van der Waals surface area contributed by atoms with Crippen LogP contribution in [0.4, 0.5) is 4.39 Å². The highest BCUT2D eigenvalue weighted by atomic mass is 35.5. The van der Waals surface area contributed by atoms with Crippen LogP contribution in [0.25, 0.3) is 11.0 Å². The Kier molecular flexibility index (Phi) is 4.09. The van der Waals surface area contributed by atoms with Crippen LogP contribution >= 0.6 is 23.4 Å². The molecular weight excluding hydrogens is 327 g/mol. The number of rotatable bonds is 3. The van der Waals surface area contributed by atoms with Crippen molar-refractivity contribution in [1.29, 1.82) is 0 Å². The molecule has 0 aliphatic heterocycles. The largest absolute Gasteiger partial charge is 0.506 e. The van der Waals surface area contributed by atoms with Gasteiger partial charge in [-0.1, -0.05) is 11.6 Å². The van der Waals surface area contributed by atoms with Crippen LogP contribution < -0.4 is 5.63 Å². The number of hydrogen-bond acceptors (Lipinski definition) is 4. The van der Waals surface area contributed by atoms with E-state index in [1.54, 1.807) is 18.2 Å². The Bertz CT molecular complexity index is 890. The van der Waals surface area contributed by atoms with Gasteiger partial charge in [0.25, 0.3) is 0 Å². The van der Waals surface area contributed by atoms with E-state index in [4.69, 9.17) is 16.0 Å². The SMILES string of the molecule is O=c1cc(CSc2ccc(F)cc2)c2cc(Cl)c(O)cc2o1. The summed E-state index contributed by atoms with van der Waals surface area (Å²) in [5.41, 5.74) is 0.524. The van der Waals surface area contributed by atoms with Crippen LogP contribution in [-0.4, -0.2) is 5.11 Å². The minimum Gasteiger partial charge on any atom is -0.506 e. The average molecular weight is 337 g/mol. The van der Waals surface area contributed by atoms with E-state index in [2.05, 4.69) is 0 Å². The maximum absolute atomic E-state index is 12.9. The van der Waals surface area contributed by atoms with Gasteiger partial charge in [0.05, 0.1) is 5.02 Å². The van der Waals surface area contributed by atoms with E-state index in [1.165, 1.54) is 36.0 Å². The van der Waals surface area contributed by atoms with E-state index >= 15 is 0 Å². The zero-order valence-corrected chi connectivity index (χ0v) is 12.7. The van der Waals surface area contributed by atoms with Crippen LogP contribution in [0.3, 0.4) is 0 Å². The van der Waals surface area contributed by atoms with E-state index in [0.29, 0.717) is 11.1 Å². The van der Waals surface area contributed by atoms with Gasteiger partial charge in [-0.05, 0) is 35.9 Å². The zero-order chi connectivity index (χ0) is 15.7. The molecule has 2 aromatic carbocycles. The summed E-state index contributed by atoms with van der Waals surface area (Å²) in [6.45, 7) is 0. The van der Waals surface area contributed by atoms with Gasteiger partial charge in [-0.2, -0.15) is 0 Å². The van der Waals surface area contributed by atoms with Gasteiger partial charge < -0.3 is 9.52 Å². The molecule has 0 aliphatic rings. The van der Waals surface area contributed by atoms with E-state index in [-0.39, 0.29) is 22.2 Å². The predicted molar refractivity (Wildman–Crippen MR) is 85.1 cm³/mol. The van der Waals surface area contributed by atoms with Crippen molar-refractivity contribution in [3.8, 4) is 5.75 Å². The lowest BCUT2D eigenvalue weighted by Crippen LogP contribution is -1.99. The molecule has 0 fully saturated rings. The summed E-state index contributed by atoms with van der Waals surface area (Å²) in [7, 11) is 0. The molecule has 3 nitrogen and oxygen atoms in total. The summed E-state index contributed by atoms with van der Waals surface area (Å²) in [6.07, 6.45) is 0. The summed E-state index contributed by atoms with van der Waals surface area (Å²) >= 11 is 7.38. The molecule has 0 spiro atoms. The number of thioether (sulfide) groups is 1. The first-order valence-electron chi connectivity index (χ1n) is 6.36. The summed E-state index contributed by atoms with van der Waals surface area (Å²) in [6, 6.07) is 10.4. The molecule has 0 bridgehead atoms. The molecule has 1 N–H and O–H groups in total. The zero-order valence-electron chi connectivity index (χ0n) is 11.2. The first-order chi connectivity index (χ1) is 10.5. The number of halogens is 2. The van der Waals surface area contributed by atoms with Gasteiger partial charge in [0.1, 0.15) is 17.1 Å². The first-order valence-corrected chi connectivity index (χ1v) is 7.73. The fraction of sp³-hybridized carbons (Fsp3) is 0.0625. The molecule has 0 radical (unpaired) electrons. The van der Waals surface area contributed by atoms with Gasteiger partial charge in [0.15, 0.2) is 0 Å². The maximum Gasteiger partial charge on any atom is 0.336 e. The molecule has 0 amide bonds. The third-order valence-corrected chi connectivity index (χ3v) is 4.47. The lowest BCUT2D eigenvalue weighted by atomic mass is 10.1. The predicted octanol–water partition coefficient (Wildman–Crippen LogP) is 4.58. The molecule has 0 saturated carbocycles. The van der Waals surface area contributed by atoms with Crippen LogP contribution in [0.5, 0.6) is 5.75 Å². The molecule has 1 aromatic heterocycles. The lowest BCUT2D eigenvalue weighted by molar-refractivity contribution is 0.473. The number of aromatic hydroxyl groups is 1. The van der Waals surface area contributed by atoms with Crippen molar-refractivity contribution < 1.29 is 13.9 Å². The van der Waals surface area contributed by atoms with E-state index < -0.39 is 5.63 Å². The fourth-order valence-corrected chi connectivity index (χ4v) is 3.10. The highest BCUT2D eigenvalue weighted by Gasteiger charge is 2.10. The third kappa shape index (κ3) is 3.10. The molecule has 112 valence electrons.